The second-order valence-electron chi connectivity index (χ2n) is 6.45. The third-order valence-electron chi connectivity index (χ3n) is 4.45. The van der Waals surface area contributed by atoms with E-state index >= 15 is 0 Å². The summed E-state index contributed by atoms with van der Waals surface area (Å²) in [4.78, 5) is 24.4. The van der Waals surface area contributed by atoms with Crippen LogP contribution in [-0.4, -0.2) is 24.1 Å². The molecule has 3 rings (SSSR count). The van der Waals surface area contributed by atoms with Crippen LogP contribution in [-0.2, 0) is 4.74 Å². The zero-order chi connectivity index (χ0) is 19.2. The molecule has 2 aromatic rings. The maximum Gasteiger partial charge on any atom is 0.411 e. The second kappa shape index (κ2) is 8.86. The summed E-state index contributed by atoms with van der Waals surface area (Å²) < 4.78 is 19.3. The average Bonchev–Trinajstić information content (AvgIpc) is 2.62. The molecule has 2 aromatic carbocycles. The summed E-state index contributed by atoms with van der Waals surface area (Å²) >= 11 is 5.94. The van der Waals surface area contributed by atoms with Gasteiger partial charge in [0.25, 0.3) is 5.91 Å². The lowest BCUT2D eigenvalue weighted by Crippen LogP contribution is -2.41. The smallest absolute Gasteiger partial charge is 0.411 e. The topological polar surface area (TPSA) is 67.4 Å². The van der Waals surface area contributed by atoms with Crippen LogP contribution in [0.5, 0.6) is 0 Å². The highest BCUT2D eigenvalue weighted by Gasteiger charge is 2.27. The van der Waals surface area contributed by atoms with Crippen molar-refractivity contribution in [2.24, 2.45) is 0 Å². The molecule has 2 N–H and O–H groups in total. The molecular formula is C20H20ClFN2O3. The van der Waals surface area contributed by atoms with Crippen molar-refractivity contribution in [3.05, 3.63) is 64.9 Å². The van der Waals surface area contributed by atoms with Crippen LogP contribution in [0, 0.1) is 5.82 Å². The van der Waals surface area contributed by atoms with Crippen molar-refractivity contribution >= 4 is 29.3 Å². The Bertz CT molecular complexity index is 796. The Kier molecular flexibility index (Phi) is 6.29. The molecule has 142 valence electrons. The van der Waals surface area contributed by atoms with Crippen LogP contribution in [0.4, 0.5) is 14.9 Å². The van der Waals surface area contributed by atoms with Crippen LogP contribution >= 0.6 is 11.6 Å². The van der Waals surface area contributed by atoms with E-state index in [1.807, 2.05) is 18.2 Å². The van der Waals surface area contributed by atoms with E-state index in [1.54, 1.807) is 12.1 Å². The SMILES string of the molecule is O=C(Nc1ccccc1)O[C@@H]1CCC[C@@H](NC(=O)c2c(F)cccc2Cl)C1. The fourth-order valence-electron chi connectivity index (χ4n) is 3.18. The quantitative estimate of drug-likeness (QED) is 0.790. The van der Waals surface area contributed by atoms with E-state index < -0.39 is 17.8 Å². The predicted molar refractivity (Wildman–Crippen MR) is 101 cm³/mol. The summed E-state index contributed by atoms with van der Waals surface area (Å²) in [6, 6.07) is 12.9. The zero-order valence-electron chi connectivity index (χ0n) is 14.6. The molecule has 2 amide bonds. The summed E-state index contributed by atoms with van der Waals surface area (Å²) in [5.74, 6) is -1.22. The Morgan fingerprint density at radius 2 is 1.85 bits per heavy atom. The average molecular weight is 391 g/mol. The van der Waals surface area contributed by atoms with Gasteiger partial charge in [-0.2, -0.15) is 0 Å². The van der Waals surface area contributed by atoms with Crippen molar-refractivity contribution in [3.8, 4) is 0 Å². The van der Waals surface area contributed by atoms with Gasteiger partial charge in [0.15, 0.2) is 0 Å². The van der Waals surface area contributed by atoms with E-state index in [9.17, 15) is 14.0 Å². The van der Waals surface area contributed by atoms with Crippen LogP contribution in [0.1, 0.15) is 36.0 Å². The van der Waals surface area contributed by atoms with Crippen LogP contribution in [0.15, 0.2) is 48.5 Å². The van der Waals surface area contributed by atoms with Gasteiger partial charge in [-0.25, -0.2) is 9.18 Å². The number of halogens is 2. The van der Waals surface area contributed by atoms with E-state index in [1.165, 1.54) is 18.2 Å². The number of anilines is 1. The molecule has 1 aliphatic rings. The number of carbonyl (C=O) groups excluding carboxylic acids is 2. The lowest BCUT2D eigenvalue weighted by molar-refractivity contribution is 0.0711. The Labute approximate surface area is 161 Å². The molecule has 0 aliphatic heterocycles. The number of benzene rings is 2. The van der Waals surface area contributed by atoms with Crippen LogP contribution < -0.4 is 10.6 Å². The molecule has 0 aromatic heterocycles. The predicted octanol–water partition coefficient (Wildman–Crippen LogP) is 4.77. The molecule has 7 heteroatoms. The molecule has 1 saturated carbocycles. The highest BCUT2D eigenvalue weighted by molar-refractivity contribution is 6.33. The van der Waals surface area contributed by atoms with E-state index in [0.29, 0.717) is 12.1 Å². The molecule has 0 radical (unpaired) electrons. The van der Waals surface area contributed by atoms with Crippen molar-refractivity contribution < 1.29 is 18.7 Å². The van der Waals surface area contributed by atoms with Crippen molar-refractivity contribution in [2.45, 2.75) is 37.8 Å². The molecule has 0 spiro atoms. The third-order valence-corrected chi connectivity index (χ3v) is 4.76. The largest absolute Gasteiger partial charge is 0.446 e. The first-order valence-electron chi connectivity index (χ1n) is 8.80. The Balaban J connectivity index is 1.55. The number of nitrogens with one attached hydrogen (secondary N) is 2. The van der Waals surface area contributed by atoms with E-state index in [2.05, 4.69) is 10.6 Å². The number of ether oxygens (including phenoxy) is 1. The van der Waals surface area contributed by atoms with Gasteiger partial charge in [0, 0.05) is 18.2 Å². The van der Waals surface area contributed by atoms with E-state index in [0.717, 1.165) is 19.3 Å². The van der Waals surface area contributed by atoms with Gasteiger partial charge in [-0.3, -0.25) is 10.1 Å². The van der Waals surface area contributed by atoms with Crippen molar-refractivity contribution in [2.75, 3.05) is 5.32 Å². The molecular weight excluding hydrogens is 371 g/mol. The summed E-state index contributed by atoms with van der Waals surface area (Å²) in [6.45, 7) is 0. The molecule has 1 fully saturated rings. The van der Waals surface area contributed by atoms with Gasteiger partial charge in [0.1, 0.15) is 11.9 Å². The van der Waals surface area contributed by atoms with Gasteiger partial charge in [0.05, 0.1) is 10.6 Å². The van der Waals surface area contributed by atoms with E-state index in [-0.39, 0.29) is 22.7 Å². The molecule has 0 unspecified atom stereocenters. The first-order valence-corrected chi connectivity index (χ1v) is 9.18. The van der Waals surface area contributed by atoms with E-state index in [4.69, 9.17) is 16.3 Å². The first kappa shape index (κ1) is 19.2. The molecule has 0 saturated heterocycles. The van der Waals surface area contributed by atoms with Gasteiger partial charge in [-0.15, -0.1) is 0 Å². The summed E-state index contributed by atoms with van der Waals surface area (Å²) in [7, 11) is 0. The fraction of sp³-hybridized carbons (Fsp3) is 0.300. The van der Waals surface area contributed by atoms with Crippen LogP contribution in [0.3, 0.4) is 0 Å². The Morgan fingerprint density at radius 1 is 1.07 bits per heavy atom. The third kappa shape index (κ3) is 5.20. The van der Waals surface area contributed by atoms with Crippen molar-refractivity contribution in [3.63, 3.8) is 0 Å². The maximum atomic E-state index is 13.9. The highest BCUT2D eigenvalue weighted by atomic mass is 35.5. The number of rotatable bonds is 4. The normalized spacial score (nSPS) is 19.2. The minimum atomic E-state index is -0.661. The second-order valence-corrected chi connectivity index (χ2v) is 6.86. The Morgan fingerprint density at radius 3 is 2.59 bits per heavy atom. The number of hydrogen-bond acceptors (Lipinski definition) is 3. The molecule has 5 nitrogen and oxygen atoms in total. The fourth-order valence-corrected chi connectivity index (χ4v) is 3.42. The van der Waals surface area contributed by atoms with Crippen molar-refractivity contribution in [1.29, 1.82) is 0 Å². The molecule has 0 bridgehead atoms. The summed E-state index contributed by atoms with van der Waals surface area (Å²) in [5.41, 5.74) is 0.487. The van der Waals surface area contributed by atoms with Gasteiger partial charge in [0.2, 0.25) is 0 Å². The van der Waals surface area contributed by atoms with Crippen molar-refractivity contribution in [1.82, 2.24) is 5.32 Å². The van der Waals surface area contributed by atoms with Gasteiger partial charge < -0.3 is 10.1 Å². The molecule has 1 aliphatic carbocycles. The Hall–Kier alpha value is -2.60. The van der Waals surface area contributed by atoms with Gasteiger partial charge in [-0.05, 0) is 43.5 Å². The van der Waals surface area contributed by atoms with Gasteiger partial charge >= 0.3 is 6.09 Å². The minimum Gasteiger partial charge on any atom is -0.446 e. The lowest BCUT2D eigenvalue weighted by atomic mass is 9.92. The summed E-state index contributed by atoms with van der Waals surface area (Å²) in [6.07, 6.45) is 1.87. The number of amides is 2. The summed E-state index contributed by atoms with van der Waals surface area (Å²) in [5, 5.41) is 5.53. The standard InChI is InChI=1S/C20H20ClFN2O3/c21-16-10-5-11-17(22)18(16)19(25)23-14-8-4-9-15(12-14)27-20(26)24-13-6-2-1-3-7-13/h1-3,5-7,10-11,14-15H,4,8-9,12H2,(H,23,25)(H,24,26)/t14-,15-/m1/s1. The highest BCUT2D eigenvalue weighted by Crippen LogP contribution is 2.24. The molecule has 27 heavy (non-hydrogen) atoms. The monoisotopic (exact) mass is 390 g/mol. The minimum absolute atomic E-state index is 0.0679. The number of hydrogen-bond donors (Lipinski definition) is 2. The zero-order valence-corrected chi connectivity index (χ0v) is 15.3. The molecule has 0 heterocycles. The first-order chi connectivity index (χ1) is 13.0. The maximum absolute atomic E-state index is 13.9. The van der Waals surface area contributed by atoms with Crippen LogP contribution in [0.25, 0.3) is 0 Å². The van der Waals surface area contributed by atoms with Crippen LogP contribution in [0.2, 0.25) is 5.02 Å². The number of carbonyl (C=O) groups is 2. The lowest BCUT2D eigenvalue weighted by Gasteiger charge is -2.29. The number of para-hydroxylation sites is 1. The molecule has 2 atom stereocenters. The van der Waals surface area contributed by atoms with Gasteiger partial charge in [-0.1, -0.05) is 35.9 Å².